The molecule has 1 saturated heterocycles. The molecule has 0 bridgehead atoms. The number of carbonyl (C=O) groups is 1. The van der Waals surface area contributed by atoms with Crippen molar-refractivity contribution in [3.63, 3.8) is 0 Å². The molecule has 156 valence electrons. The summed E-state index contributed by atoms with van der Waals surface area (Å²) in [4.78, 5) is 14.6. The number of amides is 1. The first kappa shape index (κ1) is 20.2. The van der Waals surface area contributed by atoms with E-state index in [0.717, 1.165) is 36.5 Å². The number of carbonyl (C=O) groups excluding carboxylic acids is 1. The third kappa shape index (κ3) is 4.73. The summed E-state index contributed by atoms with van der Waals surface area (Å²) in [6, 6.07) is 17.1. The molecular weight excluding hydrogens is 372 g/mol. The van der Waals surface area contributed by atoms with Gasteiger partial charge in [-0.3, -0.25) is 9.89 Å². The molecule has 1 amide bonds. The Balaban J connectivity index is 1.46. The molecule has 1 aliphatic rings. The first-order valence-corrected chi connectivity index (χ1v) is 10.9. The molecule has 1 fully saturated rings. The number of hydrogen-bond donors (Lipinski definition) is 2. The summed E-state index contributed by atoms with van der Waals surface area (Å²) in [6.07, 6.45) is 6.00. The highest BCUT2D eigenvalue weighted by Crippen LogP contribution is 2.22. The first-order valence-electron chi connectivity index (χ1n) is 10.9. The Morgan fingerprint density at radius 2 is 1.63 bits per heavy atom. The predicted octanol–water partition coefficient (Wildman–Crippen LogP) is 4.18. The van der Waals surface area contributed by atoms with E-state index >= 15 is 0 Å². The second-order valence-electron chi connectivity index (χ2n) is 8.26. The smallest absolute Gasteiger partial charge is 0.252 e. The van der Waals surface area contributed by atoms with E-state index in [1.54, 1.807) is 0 Å². The summed E-state index contributed by atoms with van der Waals surface area (Å²) in [7, 11) is 0. The van der Waals surface area contributed by atoms with E-state index < -0.39 is 5.91 Å². The fourth-order valence-corrected chi connectivity index (χ4v) is 4.22. The van der Waals surface area contributed by atoms with Crippen molar-refractivity contribution in [2.75, 3.05) is 18.0 Å². The molecule has 2 heterocycles. The Hall–Kier alpha value is -3.08. The lowest BCUT2D eigenvalue weighted by atomic mass is 10.0. The van der Waals surface area contributed by atoms with Crippen LogP contribution in [-0.4, -0.2) is 29.2 Å². The highest BCUT2D eigenvalue weighted by molar-refractivity contribution is 5.95. The van der Waals surface area contributed by atoms with Crippen LogP contribution >= 0.6 is 0 Å². The van der Waals surface area contributed by atoms with Crippen molar-refractivity contribution in [2.45, 2.75) is 45.4 Å². The van der Waals surface area contributed by atoms with Crippen molar-refractivity contribution in [1.29, 1.82) is 0 Å². The average molecular weight is 403 g/mol. The number of anilines is 1. The molecule has 30 heavy (non-hydrogen) atoms. The molecule has 0 spiro atoms. The third-order valence-electron chi connectivity index (χ3n) is 5.97. The van der Waals surface area contributed by atoms with Crippen LogP contribution < -0.4 is 10.6 Å². The van der Waals surface area contributed by atoms with E-state index in [9.17, 15) is 4.79 Å². The van der Waals surface area contributed by atoms with Gasteiger partial charge in [-0.15, -0.1) is 0 Å². The topological polar surface area (TPSA) is 75.0 Å². The first-order chi connectivity index (χ1) is 14.6. The molecule has 0 aliphatic carbocycles. The van der Waals surface area contributed by atoms with Crippen molar-refractivity contribution >= 4 is 11.6 Å². The highest BCUT2D eigenvalue weighted by atomic mass is 16.1. The second-order valence-corrected chi connectivity index (χ2v) is 8.26. The van der Waals surface area contributed by atoms with Gasteiger partial charge in [0.15, 0.2) is 0 Å². The molecule has 3 aromatic rings. The predicted molar refractivity (Wildman–Crippen MR) is 121 cm³/mol. The van der Waals surface area contributed by atoms with Gasteiger partial charge in [0.25, 0.3) is 5.91 Å². The lowest BCUT2D eigenvalue weighted by Crippen LogP contribution is -2.29. The van der Waals surface area contributed by atoms with E-state index in [1.807, 2.05) is 0 Å². The number of rotatable bonds is 7. The summed E-state index contributed by atoms with van der Waals surface area (Å²) >= 11 is 0. The number of benzene rings is 2. The quantitative estimate of drug-likeness (QED) is 0.622. The lowest BCUT2D eigenvalue weighted by molar-refractivity contribution is 0.0998. The number of aryl methyl sites for hydroxylation is 3. The average Bonchev–Trinajstić information content (AvgIpc) is 3.17. The molecule has 1 aliphatic heterocycles. The van der Waals surface area contributed by atoms with Crippen molar-refractivity contribution in [3.05, 3.63) is 82.2 Å². The van der Waals surface area contributed by atoms with Crippen molar-refractivity contribution in [2.24, 2.45) is 5.73 Å². The molecule has 5 heteroatoms. The Morgan fingerprint density at radius 1 is 0.967 bits per heavy atom. The van der Waals surface area contributed by atoms with E-state index in [4.69, 9.17) is 5.73 Å². The Morgan fingerprint density at radius 3 is 2.30 bits per heavy atom. The van der Waals surface area contributed by atoms with Gasteiger partial charge in [0.1, 0.15) is 0 Å². The van der Waals surface area contributed by atoms with Crippen molar-refractivity contribution in [1.82, 2.24) is 10.2 Å². The monoisotopic (exact) mass is 402 g/mol. The second kappa shape index (κ2) is 9.16. The molecule has 3 N–H and O–H groups in total. The number of piperidine rings is 1. The Labute approximate surface area is 178 Å². The van der Waals surface area contributed by atoms with Crippen molar-refractivity contribution < 1.29 is 4.79 Å². The summed E-state index contributed by atoms with van der Waals surface area (Å²) in [5, 5.41) is 7.49. The molecule has 0 saturated carbocycles. The third-order valence-corrected chi connectivity index (χ3v) is 5.97. The van der Waals surface area contributed by atoms with Gasteiger partial charge in [-0.25, -0.2) is 0 Å². The summed E-state index contributed by atoms with van der Waals surface area (Å²) in [5.41, 5.74) is 12.7. The highest BCUT2D eigenvalue weighted by Gasteiger charge is 2.18. The zero-order valence-corrected chi connectivity index (χ0v) is 17.7. The SMILES string of the molecule is Cc1ccc(CCc2n[nH]c(Cc3ccc(N4CCCCC4)cc3)c2C(N)=O)cc1. The maximum Gasteiger partial charge on any atom is 0.252 e. The summed E-state index contributed by atoms with van der Waals surface area (Å²) < 4.78 is 0. The Bertz CT molecular complexity index is 983. The summed E-state index contributed by atoms with van der Waals surface area (Å²) in [6.45, 7) is 4.35. The van der Waals surface area contributed by atoms with Crippen LogP contribution in [0.2, 0.25) is 0 Å². The number of H-pyrrole nitrogens is 1. The van der Waals surface area contributed by atoms with Gasteiger partial charge in [-0.1, -0.05) is 42.0 Å². The van der Waals surface area contributed by atoms with E-state index in [0.29, 0.717) is 18.4 Å². The number of hydrogen-bond acceptors (Lipinski definition) is 3. The maximum atomic E-state index is 12.2. The van der Waals surface area contributed by atoms with Gasteiger partial charge in [-0.05, 0) is 62.3 Å². The molecule has 5 nitrogen and oxygen atoms in total. The van der Waals surface area contributed by atoms with Crippen LogP contribution in [0, 0.1) is 6.92 Å². The Kier molecular flexibility index (Phi) is 6.17. The van der Waals surface area contributed by atoms with Crippen LogP contribution in [0.25, 0.3) is 0 Å². The van der Waals surface area contributed by atoms with Crippen LogP contribution in [0.15, 0.2) is 48.5 Å². The molecule has 0 unspecified atom stereocenters. The van der Waals surface area contributed by atoms with E-state index in [2.05, 4.69) is 70.6 Å². The van der Waals surface area contributed by atoms with Crippen LogP contribution in [0.4, 0.5) is 5.69 Å². The summed E-state index contributed by atoms with van der Waals surface area (Å²) in [5.74, 6) is -0.414. The minimum absolute atomic E-state index is 0.414. The number of primary amides is 1. The maximum absolute atomic E-state index is 12.2. The lowest BCUT2D eigenvalue weighted by Gasteiger charge is -2.28. The molecule has 0 atom stereocenters. The largest absolute Gasteiger partial charge is 0.372 e. The number of nitrogens with one attached hydrogen (secondary N) is 1. The molecule has 1 aromatic heterocycles. The standard InChI is InChI=1S/C25H30N4O/c1-18-5-7-19(8-6-18)11-14-22-24(25(26)30)23(28-27-22)17-20-9-12-21(13-10-20)29-15-3-2-4-16-29/h5-10,12-13H,2-4,11,14-17H2,1H3,(H2,26,30)(H,27,28). The van der Waals surface area contributed by atoms with Gasteiger partial charge in [0.2, 0.25) is 0 Å². The number of aromatic nitrogens is 2. The van der Waals surface area contributed by atoms with E-state index in [-0.39, 0.29) is 0 Å². The fraction of sp³-hybridized carbons (Fsp3) is 0.360. The van der Waals surface area contributed by atoms with Gasteiger partial charge < -0.3 is 10.6 Å². The van der Waals surface area contributed by atoms with Gasteiger partial charge in [0, 0.05) is 25.2 Å². The molecule has 2 aromatic carbocycles. The fourth-order valence-electron chi connectivity index (χ4n) is 4.22. The van der Waals surface area contributed by atoms with Gasteiger partial charge >= 0.3 is 0 Å². The van der Waals surface area contributed by atoms with Crippen molar-refractivity contribution in [3.8, 4) is 0 Å². The molecule has 4 rings (SSSR count). The number of nitrogens with zero attached hydrogens (tertiary/aromatic N) is 2. The molecule has 0 radical (unpaired) electrons. The van der Waals surface area contributed by atoms with Crippen LogP contribution in [0.1, 0.15) is 57.7 Å². The zero-order chi connectivity index (χ0) is 20.9. The normalized spacial score (nSPS) is 14.1. The number of aromatic amines is 1. The van der Waals surface area contributed by atoms with Crippen LogP contribution in [0.3, 0.4) is 0 Å². The van der Waals surface area contributed by atoms with E-state index in [1.165, 1.54) is 36.1 Å². The minimum atomic E-state index is -0.414. The van der Waals surface area contributed by atoms with Crippen LogP contribution in [0.5, 0.6) is 0 Å². The molecular formula is C25H30N4O. The van der Waals surface area contributed by atoms with Gasteiger partial charge in [0.05, 0.1) is 17.0 Å². The van der Waals surface area contributed by atoms with Gasteiger partial charge in [-0.2, -0.15) is 5.10 Å². The van der Waals surface area contributed by atoms with Crippen LogP contribution in [-0.2, 0) is 19.3 Å². The minimum Gasteiger partial charge on any atom is -0.372 e. The number of nitrogens with two attached hydrogens (primary N) is 1. The zero-order valence-electron chi connectivity index (χ0n) is 17.7.